The number of ether oxygens (including phenoxy) is 2. The Morgan fingerprint density at radius 3 is 2.52 bits per heavy atom. The molecule has 2 heterocycles. The third-order valence-electron chi connectivity index (χ3n) is 5.63. The van der Waals surface area contributed by atoms with E-state index < -0.39 is 0 Å². The van der Waals surface area contributed by atoms with Gasteiger partial charge in [-0.3, -0.25) is 19.3 Å². The highest BCUT2D eigenvalue weighted by Crippen LogP contribution is 2.33. The SMILES string of the molecule is CC(C)Oc1ccc(CNC(=O)CN2C(=O)COc3ccc(C(=O)N4CCCC4)cc32)cc1. The van der Waals surface area contributed by atoms with Gasteiger partial charge in [0.25, 0.3) is 11.8 Å². The zero-order valence-corrected chi connectivity index (χ0v) is 19.0. The molecule has 0 unspecified atom stereocenters. The van der Waals surface area contributed by atoms with Crippen LogP contribution in [0.2, 0.25) is 0 Å². The first-order valence-corrected chi connectivity index (χ1v) is 11.3. The van der Waals surface area contributed by atoms with E-state index in [-0.39, 0.29) is 37.0 Å². The zero-order valence-electron chi connectivity index (χ0n) is 19.0. The van der Waals surface area contributed by atoms with Crippen LogP contribution in [0.3, 0.4) is 0 Å². The van der Waals surface area contributed by atoms with Gasteiger partial charge in [-0.25, -0.2) is 0 Å². The number of hydrogen-bond acceptors (Lipinski definition) is 5. The van der Waals surface area contributed by atoms with Gasteiger partial charge in [0.2, 0.25) is 5.91 Å². The van der Waals surface area contributed by atoms with Crippen molar-refractivity contribution < 1.29 is 23.9 Å². The molecule has 2 aliphatic heterocycles. The quantitative estimate of drug-likeness (QED) is 0.699. The fraction of sp³-hybridized carbons (Fsp3) is 0.400. The molecule has 0 spiro atoms. The van der Waals surface area contributed by atoms with Crippen LogP contribution in [0.25, 0.3) is 0 Å². The van der Waals surface area contributed by atoms with Crippen molar-refractivity contribution >= 4 is 23.4 Å². The van der Waals surface area contributed by atoms with E-state index in [1.54, 1.807) is 18.2 Å². The maximum atomic E-state index is 12.8. The summed E-state index contributed by atoms with van der Waals surface area (Å²) in [6.07, 6.45) is 2.09. The molecule has 0 atom stereocenters. The van der Waals surface area contributed by atoms with Crippen molar-refractivity contribution in [1.29, 1.82) is 0 Å². The van der Waals surface area contributed by atoms with Crippen molar-refractivity contribution in [3.8, 4) is 11.5 Å². The van der Waals surface area contributed by atoms with Gasteiger partial charge < -0.3 is 19.7 Å². The smallest absolute Gasteiger partial charge is 0.265 e. The number of benzene rings is 2. The largest absolute Gasteiger partial charge is 0.491 e. The molecule has 4 rings (SSSR count). The van der Waals surface area contributed by atoms with Crippen molar-refractivity contribution in [1.82, 2.24) is 10.2 Å². The van der Waals surface area contributed by atoms with Crippen molar-refractivity contribution in [2.45, 2.75) is 39.3 Å². The number of carbonyl (C=O) groups is 3. The van der Waals surface area contributed by atoms with Crippen LogP contribution in [0, 0.1) is 0 Å². The summed E-state index contributed by atoms with van der Waals surface area (Å²) < 4.78 is 11.1. The summed E-state index contributed by atoms with van der Waals surface area (Å²) in [4.78, 5) is 41.1. The molecule has 2 aromatic rings. The second-order valence-corrected chi connectivity index (χ2v) is 8.54. The number of hydrogen-bond donors (Lipinski definition) is 1. The molecule has 8 nitrogen and oxygen atoms in total. The molecule has 0 radical (unpaired) electrons. The third-order valence-corrected chi connectivity index (χ3v) is 5.63. The Morgan fingerprint density at radius 2 is 1.82 bits per heavy atom. The number of rotatable bonds is 7. The number of amides is 3. The zero-order chi connectivity index (χ0) is 23.4. The number of fused-ring (bicyclic) bond motifs is 1. The topological polar surface area (TPSA) is 88.2 Å². The molecule has 1 N–H and O–H groups in total. The Hall–Kier alpha value is -3.55. The number of likely N-dealkylation sites (tertiary alicyclic amines) is 1. The highest BCUT2D eigenvalue weighted by atomic mass is 16.5. The molecule has 8 heteroatoms. The summed E-state index contributed by atoms with van der Waals surface area (Å²) in [5.41, 5.74) is 1.86. The lowest BCUT2D eigenvalue weighted by Crippen LogP contribution is -2.45. The van der Waals surface area contributed by atoms with Gasteiger partial charge in [-0.05, 0) is 62.6 Å². The molecule has 0 saturated carbocycles. The van der Waals surface area contributed by atoms with Gasteiger partial charge in [-0.2, -0.15) is 0 Å². The lowest BCUT2D eigenvalue weighted by Gasteiger charge is -2.29. The summed E-state index contributed by atoms with van der Waals surface area (Å²) in [5.74, 6) is 0.576. The molecule has 0 aliphatic carbocycles. The maximum Gasteiger partial charge on any atom is 0.265 e. The minimum Gasteiger partial charge on any atom is -0.491 e. The van der Waals surface area contributed by atoms with Crippen LogP contribution >= 0.6 is 0 Å². The summed E-state index contributed by atoms with van der Waals surface area (Å²) in [6, 6.07) is 12.6. The number of carbonyl (C=O) groups excluding carboxylic acids is 3. The number of nitrogens with zero attached hydrogens (tertiary/aromatic N) is 2. The fourth-order valence-corrected chi connectivity index (χ4v) is 3.97. The molecule has 1 saturated heterocycles. The normalized spacial score (nSPS) is 15.3. The standard InChI is InChI=1S/C25H29N3O5/c1-17(2)33-20-8-5-18(6-9-20)14-26-23(29)15-28-21-13-19(25(31)27-11-3-4-12-27)7-10-22(21)32-16-24(28)30/h5-10,13,17H,3-4,11-12,14-16H2,1-2H3,(H,26,29). The van der Waals surface area contributed by atoms with Crippen molar-refractivity contribution in [3.63, 3.8) is 0 Å². The molecule has 33 heavy (non-hydrogen) atoms. The summed E-state index contributed by atoms with van der Waals surface area (Å²) in [6.45, 7) is 5.45. The Labute approximate surface area is 193 Å². The highest BCUT2D eigenvalue weighted by molar-refractivity contribution is 6.04. The molecular formula is C25H29N3O5. The maximum absolute atomic E-state index is 12.8. The van der Waals surface area contributed by atoms with E-state index in [2.05, 4.69) is 5.32 Å². The van der Waals surface area contributed by atoms with Gasteiger partial charge in [0, 0.05) is 25.2 Å². The van der Waals surface area contributed by atoms with Crippen LogP contribution in [-0.2, 0) is 16.1 Å². The molecular weight excluding hydrogens is 422 g/mol. The van der Waals surface area contributed by atoms with Crippen LogP contribution in [0.4, 0.5) is 5.69 Å². The summed E-state index contributed by atoms with van der Waals surface area (Å²) in [7, 11) is 0. The van der Waals surface area contributed by atoms with E-state index in [9.17, 15) is 14.4 Å². The Kier molecular flexibility index (Phi) is 6.82. The monoisotopic (exact) mass is 451 g/mol. The Bertz CT molecular complexity index is 1030. The summed E-state index contributed by atoms with van der Waals surface area (Å²) in [5, 5.41) is 2.85. The second-order valence-electron chi connectivity index (χ2n) is 8.54. The first-order valence-electron chi connectivity index (χ1n) is 11.3. The first-order chi connectivity index (χ1) is 15.9. The van der Waals surface area contributed by atoms with E-state index in [1.165, 1.54) is 4.90 Å². The van der Waals surface area contributed by atoms with Crippen molar-refractivity contribution in [2.75, 3.05) is 31.1 Å². The van der Waals surface area contributed by atoms with E-state index in [0.717, 1.165) is 37.2 Å². The van der Waals surface area contributed by atoms with Crippen LogP contribution in [0.1, 0.15) is 42.6 Å². The highest BCUT2D eigenvalue weighted by Gasteiger charge is 2.29. The van der Waals surface area contributed by atoms with Crippen LogP contribution in [-0.4, -0.2) is 55.0 Å². The molecule has 1 fully saturated rings. The van der Waals surface area contributed by atoms with Gasteiger partial charge in [-0.15, -0.1) is 0 Å². The molecule has 0 aromatic heterocycles. The van der Waals surface area contributed by atoms with E-state index >= 15 is 0 Å². The van der Waals surface area contributed by atoms with Crippen LogP contribution < -0.4 is 19.7 Å². The second kappa shape index (κ2) is 9.94. The van der Waals surface area contributed by atoms with E-state index in [1.807, 2.05) is 43.0 Å². The minimum absolute atomic E-state index is 0.0670. The van der Waals surface area contributed by atoms with Crippen molar-refractivity contribution in [3.05, 3.63) is 53.6 Å². The summed E-state index contributed by atoms with van der Waals surface area (Å²) >= 11 is 0. The average Bonchev–Trinajstić information content (AvgIpc) is 3.34. The lowest BCUT2D eigenvalue weighted by molar-refractivity contribution is -0.125. The Morgan fingerprint density at radius 1 is 1.09 bits per heavy atom. The molecule has 174 valence electrons. The predicted molar refractivity (Wildman–Crippen MR) is 123 cm³/mol. The Balaban J connectivity index is 1.41. The van der Waals surface area contributed by atoms with Crippen LogP contribution in [0.5, 0.6) is 11.5 Å². The van der Waals surface area contributed by atoms with Gasteiger partial charge in [0.1, 0.15) is 18.0 Å². The van der Waals surface area contributed by atoms with Crippen LogP contribution in [0.15, 0.2) is 42.5 Å². The van der Waals surface area contributed by atoms with E-state index in [0.29, 0.717) is 23.5 Å². The third kappa shape index (κ3) is 5.45. The number of anilines is 1. The molecule has 2 aromatic carbocycles. The number of nitrogens with one attached hydrogen (secondary N) is 1. The van der Waals surface area contributed by atoms with Gasteiger partial charge in [-0.1, -0.05) is 12.1 Å². The van der Waals surface area contributed by atoms with E-state index in [4.69, 9.17) is 9.47 Å². The first kappa shape index (κ1) is 22.6. The van der Waals surface area contributed by atoms with Gasteiger partial charge in [0.05, 0.1) is 11.8 Å². The predicted octanol–water partition coefficient (Wildman–Crippen LogP) is 2.75. The van der Waals surface area contributed by atoms with Gasteiger partial charge in [0.15, 0.2) is 6.61 Å². The van der Waals surface area contributed by atoms with Crippen molar-refractivity contribution in [2.24, 2.45) is 0 Å². The molecule has 2 aliphatic rings. The lowest BCUT2D eigenvalue weighted by atomic mass is 10.1. The van der Waals surface area contributed by atoms with Gasteiger partial charge >= 0.3 is 0 Å². The molecule has 3 amide bonds. The minimum atomic E-state index is -0.321. The average molecular weight is 452 g/mol. The fourth-order valence-electron chi connectivity index (χ4n) is 3.97. The molecule has 0 bridgehead atoms.